The minimum Gasteiger partial charge on any atom is -0.460 e. The summed E-state index contributed by atoms with van der Waals surface area (Å²) in [5.74, 6) is 0.746. The molecule has 0 amide bonds. The van der Waals surface area contributed by atoms with Crippen LogP contribution in [0.5, 0.6) is 0 Å². The summed E-state index contributed by atoms with van der Waals surface area (Å²) in [6, 6.07) is 0. The smallest absolute Gasteiger partial charge is 0.306 e. The standard InChI is InChI=1S/C21H38N4O3S/c1-16(27-7)19-24-17(15-29-19)14-25(6)20(22-5)23-13-11-9-8-10-12-18(26)28-21(2,3)4/h15-16H,8-14H2,1-7H3,(H,22,23). The van der Waals surface area contributed by atoms with E-state index in [-0.39, 0.29) is 12.1 Å². The van der Waals surface area contributed by atoms with Gasteiger partial charge in [-0.05, 0) is 40.5 Å². The molecule has 1 aromatic rings. The van der Waals surface area contributed by atoms with Crippen LogP contribution in [-0.4, -0.2) is 55.2 Å². The van der Waals surface area contributed by atoms with Gasteiger partial charge in [-0.15, -0.1) is 11.3 Å². The number of hydrogen-bond donors (Lipinski definition) is 1. The van der Waals surface area contributed by atoms with Gasteiger partial charge in [0.05, 0.1) is 12.2 Å². The molecule has 0 bridgehead atoms. The molecular formula is C21H38N4O3S. The van der Waals surface area contributed by atoms with Crippen molar-refractivity contribution in [1.29, 1.82) is 0 Å². The summed E-state index contributed by atoms with van der Waals surface area (Å²) < 4.78 is 10.6. The number of carbonyl (C=O) groups excluding carboxylic acids is 1. The zero-order valence-electron chi connectivity index (χ0n) is 19.1. The number of guanidine groups is 1. The van der Waals surface area contributed by atoms with E-state index in [0.29, 0.717) is 13.0 Å². The number of esters is 1. The Morgan fingerprint density at radius 1 is 1.31 bits per heavy atom. The number of aliphatic imine (C=N–C) groups is 1. The third kappa shape index (κ3) is 10.6. The molecule has 8 heteroatoms. The highest BCUT2D eigenvalue weighted by Crippen LogP contribution is 2.20. The Bertz CT molecular complexity index is 640. The predicted molar refractivity (Wildman–Crippen MR) is 119 cm³/mol. The second-order valence-corrected chi connectivity index (χ2v) is 9.03. The lowest BCUT2D eigenvalue weighted by atomic mass is 10.1. The van der Waals surface area contributed by atoms with E-state index in [9.17, 15) is 4.79 Å². The number of aromatic nitrogens is 1. The number of thiazole rings is 1. The second-order valence-electron chi connectivity index (χ2n) is 8.14. The largest absolute Gasteiger partial charge is 0.460 e. The summed E-state index contributed by atoms with van der Waals surface area (Å²) in [5, 5.41) is 6.46. The van der Waals surface area contributed by atoms with E-state index >= 15 is 0 Å². The Balaban J connectivity index is 2.23. The molecule has 1 heterocycles. The molecule has 0 saturated carbocycles. The van der Waals surface area contributed by atoms with E-state index < -0.39 is 5.60 Å². The number of carbonyl (C=O) groups is 1. The molecule has 7 nitrogen and oxygen atoms in total. The number of rotatable bonds is 11. The lowest BCUT2D eigenvalue weighted by Gasteiger charge is -2.21. The fourth-order valence-electron chi connectivity index (χ4n) is 2.73. The number of methoxy groups -OCH3 is 1. The van der Waals surface area contributed by atoms with Crippen molar-refractivity contribution in [2.45, 2.75) is 78.0 Å². The van der Waals surface area contributed by atoms with Crippen LogP contribution in [0.3, 0.4) is 0 Å². The van der Waals surface area contributed by atoms with Gasteiger partial charge < -0.3 is 19.7 Å². The number of nitrogens with one attached hydrogen (secondary N) is 1. The Morgan fingerprint density at radius 3 is 2.62 bits per heavy atom. The second kappa shape index (κ2) is 12.8. The SMILES string of the molecule is CN=C(NCCCCCCC(=O)OC(C)(C)C)N(C)Cc1csc(C(C)OC)n1. The van der Waals surface area contributed by atoms with Gasteiger partial charge in [0, 0.05) is 39.6 Å². The Kier molecular flexibility index (Phi) is 11.2. The third-order valence-electron chi connectivity index (χ3n) is 4.25. The Labute approximate surface area is 179 Å². The van der Waals surface area contributed by atoms with Gasteiger partial charge in [-0.2, -0.15) is 0 Å². The van der Waals surface area contributed by atoms with Gasteiger partial charge in [0.25, 0.3) is 0 Å². The molecule has 0 fully saturated rings. The van der Waals surface area contributed by atoms with Crippen molar-refractivity contribution in [3.63, 3.8) is 0 Å². The molecule has 1 N–H and O–H groups in total. The van der Waals surface area contributed by atoms with E-state index in [2.05, 4.69) is 25.6 Å². The fraction of sp³-hybridized carbons (Fsp3) is 0.762. The van der Waals surface area contributed by atoms with Crippen LogP contribution in [0.1, 0.15) is 76.6 Å². The Hall–Kier alpha value is -1.67. The van der Waals surface area contributed by atoms with Gasteiger partial charge in [0.2, 0.25) is 0 Å². The zero-order valence-corrected chi connectivity index (χ0v) is 19.9. The zero-order chi connectivity index (χ0) is 21.9. The maximum Gasteiger partial charge on any atom is 0.306 e. The average Bonchev–Trinajstić information content (AvgIpc) is 3.10. The van der Waals surface area contributed by atoms with Crippen LogP contribution in [0.4, 0.5) is 0 Å². The summed E-state index contributed by atoms with van der Waals surface area (Å²) in [5.41, 5.74) is 0.618. The highest BCUT2D eigenvalue weighted by Gasteiger charge is 2.15. The van der Waals surface area contributed by atoms with Crippen LogP contribution in [0.25, 0.3) is 0 Å². The molecular weight excluding hydrogens is 388 g/mol. The lowest BCUT2D eigenvalue weighted by molar-refractivity contribution is -0.154. The number of ether oxygens (including phenoxy) is 2. The van der Waals surface area contributed by atoms with E-state index in [0.717, 1.165) is 48.9 Å². The minimum atomic E-state index is -0.398. The lowest BCUT2D eigenvalue weighted by Crippen LogP contribution is -2.38. The quantitative estimate of drug-likeness (QED) is 0.248. The van der Waals surface area contributed by atoms with E-state index in [1.54, 1.807) is 25.5 Å². The van der Waals surface area contributed by atoms with Crippen molar-refractivity contribution < 1.29 is 14.3 Å². The van der Waals surface area contributed by atoms with Gasteiger partial charge in [-0.1, -0.05) is 12.8 Å². The summed E-state index contributed by atoms with van der Waals surface area (Å²) >= 11 is 1.62. The van der Waals surface area contributed by atoms with Crippen LogP contribution >= 0.6 is 11.3 Å². The summed E-state index contributed by atoms with van der Waals surface area (Å²) in [4.78, 5) is 22.7. The average molecular weight is 427 g/mol. The Morgan fingerprint density at radius 2 is 2.00 bits per heavy atom. The first-order valence-electron chi connectivity index (χ1n) is 10.3. The van der Waals surface area contributed by atoms with Crippen LogP contribution in [-0.2, 0) is 20.8 Å². The van der Waals surface area contributed by atoms with Gasteiger partial charge in [0.1, 0.15) is 16.7 Å². The van der Waals surface area contributed by atoms with E-state index in [4.69, 9.17) is 9.47 Å². The first-order valence-corrected chi connectivity index (χ1v) is 11.1. The normalized spacial score (nSPS) is 13.3. The highest BCUT2D eigenvalue weighted by atomic mass is 32.1. The summed E-state index contributed by atoms with van der Waals surface area (Å²) in [7, 11) is 5.50. The third-order valence-corrected chi connectivity index (χ3v) is 5.31. The first kappa shape index (κ1) is 25.4. The molecule has 0 spiro atoms. The van der Waals surface area contributed by atoms with Crippen molar-refractivity contribution in [2.24, 2.45) is 4.99 Å². The molecule has 0 aliphatic heterocycles. The van der Waals surface area contributed by atoms with Crippen molar-refractivity contribution in [3.8, 4) is 0 Å². The molecule has 0 aliphatic rings. The van der Waals surface area contributed by atoms with Crippen LogP contribution in [0.2, 0.25) is 0 Å². The molecule has 29 heavy (non-hydrogen) atoms. The van der Waals surface area contributed by atoms with Gasteiger partial charge in [-0.3, -0.25) is 9.79 Å². The molecule has 1 rings (SSSR count). The first-order chi connectivity index (χ1) is 13.7. The van der Waals surface area contributed by atoms with Gasteiger partial charge >= 0.3 is 5.97 Å². The molecule has 0 aliphatic carbocycles. The van der Waals surface area contributed by atoms with Crippen LogP contribution in [0.15, 0.2) is 10.4 Å². The van der Waals surface area contributed by atoms with Crippen molar-refractivity contribution >= 4 is 23.3 Å². The molecule has 1 aromatic heterocycles. The molecule has 0 radical (unpaired) electrons. The maximum atomic E-state index is 11.7. The molecule has 0 aromatic carbocycles. The predicted octanol–water partition coefficient (Wildman–Crippen LogP) is 4.15. The molecule has 1 atom stereocenters. The highest BCUT2D eigenvalue weighted by molar-refractivity contribution is 7.09. The summed E-state index contributed by atoms with van der Waals surface area (Å²) in [6.07, 6.45) is 4.51. The number of unbranched alkanes of at least 4 members (excludes halogenated alkanes) is 3. The van der Waals surface area contributed by atoms with Gasteiger partial charge in [0.15, 0.2) is 5.96 Å². The van der Waals surface area contributed by atoms with E-state index in [1.165, 1.54) is 0 Å². The summed E-state index contributed by atoms with van der Waals surface area (Å²) in [6.45, 7) is 9.24. The van der Waals surface area contributed by atoms with E-state index in [1.807, 2.05) is 34.7 Å². The van der Waals surface area contributed by atoms with Crippen LogP contribution in [0, 0.1) is 0 Å². The molecule has 1 unspecified atom stereocenters. The molecule has 166 valence electrons. The van der Waals surface area contributed by atoms with Crippen molar-refractivity contribution in [1.82, 2.24) is 15.2 Å². The molecule has 0 saturated heterocycles. The van der Waals surface area contributed by atoms with Gasteiger partial charge in [-0.25, -0.2) is 4.98 Å². The maximum absolute atomic E-state index is 11.7. The van der Waals surface area contributed by atoms with Crippen LogP contribution < -0.4 is 5.32 Å². The minimum absolute atomic E-state index is 0.0202. The number of hydrogen-bond acceptors (Lipinski definition) is 6. The topological polar surface area (TPSA) is 76.0 Å². The van der Waals surface area contributed by atoms with Crippen molar-refractivity contribution in [3.05, 3.63) is 16.1 Å². The number of nitrogens with zero attached hydrogens (tertiary/aromatic N) is 3. The fourth-order valence-corrected chi connectivity index (χ4v) is 3.57. The monoisotopic (exact) mass is 426 g/mol. The van der Waals surface area contributed by atoms with Crippen molar-refractivity contribution in [2.75, 3.05) is 27.7 Å².